The van der Waals surface area contributed by atoms with E-state index >= 15 is 0 Å². The standard InChI is InChI=1S/C26H28ClF3N2O2S/c1-13-7-17(12-26(4)11-14(2)32-34-26)24(15(13)3)35-22-8-16(5-6-19(22)27)25(33)31-18-9-20(28)23(30)21(29)10-18/h5-6,8-10,13,15,17,24H,7,11-12H2,1-4H3,(H,31,33). The number of carbonyl (C=O) groups is 1. The van der Waals surface area contributed by atoms with Gasteiger partial charge in [0.15, 0.2) is 17.5 Å². The van der Waals surface area contributed by atoms with Gasteiger partial charge in [-0.05, 0) is 62.6 Å². The van der Waals surface area contributed by atoms with E-state index < -0.39 is 23.4 Å². The van der Waals surface area contributed by atoms with Gasteiger partial charge in [-0.1, -0.05) is 30.6 Å². The molecule has 9 heteroatoms. The van der Waals surface area contributed by atoms with E-state index in [1.165, 1.54) is 0 Å². The minimum absolute atomic E-state index is 0.170. The van der Waals surface area contributed by atoms with Gasteiger partial charge in [0, 0.05) is 39.9 Å². The number of thioether (sulfide) groups is 1. The van der Waals surface area contributed by atoms with E-state index in [2.05, 4.69) is 31.2 Å². The molecule has 2 aromatic rings. The third-order valence-corrected chi connectivity index (χ3v) is 9.12. The lowest BCUT2D eigenvalue weighted by Gasteiger charge is -2.29. The molecule has 4 rings (SSSR count). The van der Waals surface area contributed by atoms with Crippen molar-refractivity contribution in [1.29, 1.82) is 0 Å². The summed E-state index contributed by atoms with van der Waals surface area (Å²) in [5.74, 6) is -3.56. The van der Waals surface area contributed by atoms with Crippen molar-refractivity contribution in [3.05, 3.63) is 58.4 Å². The van der Waals surface area contributed by atoms with E-state index in [-0.39, 0.29) is 22.1 Å². The number of carbonyl (C=O) groups excluding carboxylic acids is 1. The quantitative estimate of drug-likeness (QED) is 0.394. The fourth-order valence-corrected chi connectivity index (χ4v) is 6.96. The van der Waals surface area contributed by atoms with Crippen LogP contribution in [0.3, 0.4) is 0 Å². The summed E-state index contributed by atoms with van der Waals surface area (Å²) in [6.45, 7) is 8.57. The molecule has 2 aromatic carbocycles. The summed E-state index contributed by atoms with van der Waals surface area (Å²) >= 11 is 8.16. The molecule has 1 heterocycles. The highest BCUT2D eigenvalue weighted by molar-refractivity contribution is 8.00. The summed E-state index contributed by atoms with van der Waals surface area (Å²) < 4.78 is 40.3. The molecule has 1 amide bonds. The predicted octanol–water partition coefficient (Wildman–Crippen LogP) is 7.71. The highest BCUT2D eigenvalue weighted by Gasteiger charge is 2.45. The monoisotopic (exact) mass is 524 g/mol. The van der Waals surface area contributed by atoms with Crippen molar-refractivity contribution in [2.45, 2.75) is 62.7 Å². The van der Waals surface area contributed by atoms with Gasteiger partial charge in [-0.25, -0.2) is 13.2 Å². The summed E-state index contributed by atoms with van der Waals surface area (Å²) in [5, 5.41) is 7.36. The van der Waals surface area contributed by atoms with Gasteiger partial charge >= 0.3 is 0 Å². The van der Waals surface area contributed by atoms with E-state index in [1.54, 1.807) is 30.0 Å². The molecular weight excluding hydrogens is 497 g/mol. The molecule has 1 saturated carbocycles. The number of benzene rings is 2. The Morgan fingerprint density at radius 3 is 2.54 bits per heavy atom. The average molecular weight is 525 g/mol. The summed E-state index contributed by atoms with van der Waals surface area (Å²) in [6, 6.07) is 6.35. The van der Waals surface area contributed by atoms with E-state index in [4.69, 9.17) is 16.4 Å². The zero-order valence-electron chi connectivity index (χ0n) is 20.0. The van der Waals surface area contributed by atoms with Crippen LogP contribution >= 0.6 is 23.4 Å². The minimum atomic E-state index is -1.58. The first-order valence-corrected chi connectivity index (χ1v) is 12.9. The number of rotatable bonds is 6. The zero-order chi connectivity index (χ0) is 25.5. The normalized spacial score (nSPS) is 28.1. The summed E-state index contributed by atoms with van der Waals surface area (Å²) in [6.07, 6.45) is 2.75. The zero-order valence-corrected chi connectivity index (χ0v) is 21.6. The number of amides is 1. The molecule has 0 aromatic heterocycles. The SMILES string of the molecule is CC1=NOC(C)(CC2CC(C)C(C)C2Sc2cc(C(=O)Nc3cc(F)c(F)c(F)c3)ccc2Cl)C1. The largest absolute Gasteiger partial charge is 0.389 e. The van der Waals surface area contributed by atoms with Crippen LogP contribution in [0, 0.1) is 35.2 Å². The van der Waals surface area contributed by atoms with Crippen molar-refractivity contribution in [3.63, 3.8) is 0 Å². The van der Waals surface area contributed by atoms with Crippen molar-refractivity contribution in [2.24, 2.45) is 22.9 Å². The topological polar surface area (TPSA) is 50.7 Å². The van der Waals surface area contributed by atoms with Crippen molar-refractivity contribution >= 4 is 40.7 Å². The van der Waals surface area contributed by atoms with Crippen molar-refractivity contribution < 1.29 is 22.8 Å². The lowest BCUT2D eigenvalue weighted by molar-refractivity contribution is -0.0210. The van der Waals surface area contributed by atoms with Gasteiger partial charge in [-0.15, -0.1) is 11.8 Å². The third-order valence-electron chi connectivity index (χ3n) is 7.00. The maximum Gasteiger partial charge on any atom is 0.255 e. The van der Waals surface area contributed by atoms with Crippen LogP contribution in [0.1, 0.15) is 57.3 Å². The van der Waals surface area contributed by atoms with E-state index in [0.29, 0.717) is 22.8 Å². The molecule has 1 aliphatic carbocycles. The fraction of sp³-hybridized carbons (Fsp3) is 0.462. The van der Waals surface area contributed by atoms with Crippen molar-refractivity contribution in [1.82, 2.24) is 0 Å². The molecule has 0 radical (unpaired) electrons. The van der Waals surface area contributed by atoms with E-state index in [1.807, 2.05) is 6.92 Å². The molecular formula is C26H28ClF3N2O2S. The van der Waals surface area contributed by atoms with Crippen LogP contribution in [0.15, 0.2) is 40.4 Å². The molecule has 0 spiro atoms. The molecule has 5 atom stereocenters. The lowest BCUT2D eigenvalue weighted by Crippen LogP contribution is -2.31. The van der Waals surface area contributed by atoms with Gasteiger partial charge in [-0.2, -0.15) is 0 Å². The molecule has 35 heavy (non-hydrogen) atoms. The van der Waals surface area contributed by atoms with Gasteiger partial charge < -0.3 is 10.2 Å². The Bertz CT molecular complexity index is 1150. The van der Waals surface area contributed by atoms with Crippen LogP contribution in [0.2, 0.25) is 5.02 Å². The Morgan fingerprint density at radius 1 is 1.23 bits per heavy atom. The molecule has 0 saturated heterocycles. The van der Waals surface area contributed by atoms with Gasteiger partial charge in [0.05, 0.1) is 10.7 Å². The predicted molar refractivity (Wildman–Crippen MR) is 134 cm³/mol. The highest BCUT2D eigenvalue weighted by atomic mass is 35.5. The molecule has 0 bridgehead atoms. The smallest absolute Gasteiger partial charge is 0.255 e. The summed E-state index contributed by atoms with van der Waals surface area (Å²) in [5.41, 5.74) is 0.796. The Hall–Kier alpha value is -2.19. The molecule has 2 aliphatic rings. The van der Waals surface area contributed by atoms with E-state index in [9.17, 15) is 18.0 Å². The molecule has 4 nitrogen and oxygen atoms in total. The van der Waals surface area contributed by atoms with Crippen LogP contribution in [0.25, 0.3) is 0 Å². The number of nitrogens with one attached hydrogen (secondary N) is 1. The summed E-state index contributed by atoms with van der Waals surface area (Å²) in [4.78, 5) is 19.3. The Morgan fingerprint density at radius 2 is 1.91 bits per heavy atom. The Labute approximate surface area is 212 Å². The van der Waals surface area contributed by atoms with Crippen LogP contribution in [-0.4, -0.2) is 22.5 Å². The number of anilines is 1. The van der Waals surface area contributed by atoms with Crippen LogP contribution in [0.5, 0.6) is 0 Å². The molecule has 1 fully saturated rings. The van der Waals surface area contributed by atoms with Crippen molar-refractivity contribution in [3.8, 4) is 0 Å². The Kier molecular flexibility index (Phi) is 7.44. The summed E-state index contributed by atoms with van der Waals surface area (Å²) in [7, 11) is 0. The fourth-order valence-electron chi connectivity index (χ4n) is 5.15. The molecule has 1 N–H and O–H groups in total. The number of oxime groups is 1. The molecule has 5 unspecified atom stereocenters. The number of hydrogen-bond acceptors (Lipinski definition) is 4. The lowest BCUT2D eigenvalue weighted by atomic mass is 9.87. The second-order valence-corrected chi connectivity index (χ2v) is 11.6. The molecule has 188 valence electrons. The number of nitrogens with zero attached hydrogens (tertiary/aromatic N) is 1. The maximum absolute atomic E-state index is 13.5. The van der Waals surface area contributed by atoms with Gasteiger partial charge in [-0.3, -0.25) is 4.79 Å². The van der Waals surface area contributed by atoms with E-state index in [0.717, 1.165) is 42.0 Å². The van der Waals surface area contributed by atoms with Gasteiger partial charge in [0.1, 0.15) is 5.60 Å². The first-order valence-electron chi connectivity index (χ1n) is 11.6. The Balaban J connectivity index is 1.52. The van der Waals surface area contributed by atoms with Crippen LogP contribution in [0.4, 0.5) is 18.9 Å². The average Bonchev–Trinajstić information content (AvgIpc) is 3.25. The first kappa shape index (κ1) is 25.9. The highest BCUT2D eigenvalue weighted by Crippen LogP contribution is 2.50. The van der Waals surface area contributed by atoms with Gasteiger partial charge in [0.2, 0.25) is 0 Å². The number of halogens is 4. The van der Waals surface area contributed by atoms with Crippen LogP contribution < -0.4 is 5.32 Å². The second-order valence-electron chi connectivity index (χ2n) is 10.0. The van der Waals surface area contributed by atoms with Gasteiger partial charge in [0.25, 0.3) is 5.91 Å². The molecule has 1 aliphatic heterocycles. The van der Waals surface area contributed by atoms with Crippen LogP contribution in [-0.2, 0) is 4.84 Å². The second kappa shape index (κ2) is 10.1. The van der Waals surface area contributed by atoms with Crippen molar-refractivity contribution in [2.75, 3.05) is 5.32 Å². The first-order chi connectivity index (χ1) is 16.5. The third kappa shape index (κ3) is 5.64. The number of hydrogen-bond donors (Lipinski definition) is 1. The minimum Gasteiger partial charge on any atom is -0.389 e. The maximum atomic E-state index is 13.5.